The van der Waals surface area contributed by atoms with E-state index in [9.17, 15) is 0 Å². The van der Waals surface area contributed by atoms with E-state index in [1.807, 2.05) is 0 Å². The summed E-state index contributed by atoms with van der Waals surface area (Å²) in [5.41, 5.74) is 0. The molecule has 0 bridgehead atoms. The maximum Gasteiger partial charge on any atom is 0.125 e. The number of aromatic amines is 1. The monoisotopic (exact) mass is 162 g/mol. The summed E-state index contributed by atoms with van der Waals surface area (Å²) < 4.78 is 17.9. The quantitative estimate of drug-likeness (QED) is 0.613. The molecule has 0 fully saturated rings. The van der Waals surface area contributed by atoms with Gasteiger partial charge < -0.3 is 4.98 Å². The first-order valence-corrected chi connectivity index (χ1v) is 4.89. The number of imidazole rings is 1. The fraction of sp³-hybridized carbons (Fsp3) is 0.400. The second-order valence-corrected chi connectivity index (χ2v) is 4.45. The van der Waals surface area contributed by atoms with Crippen molar-refractivity contribution in [1.29, 1.82) is 0 Å². The Bertz CT molecular complexity index is 192. The molecule has 1 aromatic heterocycles. The minimum absolute atomic E-state index is 0.208. The SMILES string of the molecule is CS(O)(O)Cc1ncc[nH]1. The Labute approximate surface area is 60.7 Å². The van der Waals surface area contributed by atoms with Gasteiger partial charge in [0, 0.05) is 18.6 Å². The molecule has 1 aromatic rings. The molecule has 0 radical (unpaired) electrons. The summed E-state index contributed by atoms with van der Waals surface area (Å²) in [6.07, 6.45) is 4.64. The van der Waals surface area contributed by atoms with E-state index < -0.39 is 10.6 Å². The van der Waals surface area contributed by atoms with E-state index in [1.165, 1.54) is 6.26 Å². The van der Waals surface area contributed by atoms with Gasteiger partial charge >= 0.3 is 0 Å². The predicted octanol–water partition coefficient (Wildman–Crippen LogP) is 1.29. The standard InChI is InChI=1S/C5H10N2O2S/c1-10(8,9)4-5-6-2-3-7-5/h2-3,8-9H,4H2,1H3,(H,6,7). The van der Waals surface area contributed by atoms with Crippen LogP contribution in [0, 0.1) is 0 Å². The van der Waals surface area contributed by atoms with Crippen molar-refractivity contribution in [3.8, 4) is 0 Å². The summed E-state index contributed by atoms with van der Waals surface area (Å²) in [6.45, 7) is 0. The van der Waals surface area contributed by atoms with Gasteiger partial charge in [-0.1, -0.05) is 0 Å². The molecule has 0 spiro atoms. The largest absolute Gasteiger partial charge is 0.347 e. The van der Waals surface area contributed by atoms with Gasteiger partial charge in [0.05, 0.1) is 5.75 Å². The van der Waals surface area contributed by atoms with Crippen molar-refractivity contribution in [2.75, 3.05) is 6.26 Å². The zero-order valence-electron chi connectivity index (χ0n) is 5.61. The molecular weight excluding hydrogens is 152 g/mol. The number of H-pyrrole nitrogens is 1. The van der Waals surface area contributed by atoms with Crippen molar-refractivity contribution in [2.24, 2.45) is 0 Å². The lowest BCUT2D eigenvalue weighted by Crippen LogP contribution is -1.99. The molecule has 0 aliphatic carbocycles. The summed E-state index contributed by atoms with van der Waals surface area (Å²) in [5.74, 6) is 0.822. The zero-order chi connectivity index (χ0) is 7.61. The number of nitrogens with zero attached hydrogens (tertiary/aromatic N) is 1. The van der Waals surface area contributed by atoms with Gasteiger partial charge in [-0.25, -0.2) is 4.98 Å². The number of aromatic nitrogens is 2. The highest BCUT2D eigenvalue weighted by Gasteiger charge is 2.06. The van der Waals surface area contributed by atoms with Crippen LogP contribution in [0.3, 0.4) is 0 Å². The van der Waals surface area contributed by atoms with Gasteiger partial charge in [0.15, 0.2) is 0 Å². The molecule has 1 rings (SSSR count). The number of hydrogen-bond donors (Lipinski definition) is 3. The molecule has 0 aliphatic rings. The zero-order valence-corrected chi connectivity index (χ0v) is 6.43. The van der Waals surface area contributed by atoms with Crippen molar-refractivity contribution < 1.29 is 9.11 Å². The van der Waals surface area contributed by atoms with E-state index in [-0.39, 0.29) is 5.75 Å². The Hall–Kier alpha value is -0.520. The van der Waals surface area contributed by atoms with Crippen molar-refractivity contribution in [2.45, 2.75) is 5.75 Å². The molecule has 0 saturated heterocycles. The molecule has 3 N–H and O–H groups in total. The summed E-state index contributed by atoms with van der Waals surface area (Å²) in [4.78, 5) is 6.63. The van der Waals surface area contributed by atoms with Crippen molar-refractivity contribution >= 4 is 10.6 Å². The van der Waals surface area contributed by atoms with Gasteiger partial charge in [-0.3, -0.25) is 9.11 Å². The van der Waals surface area contributed by atoms with Gasteiger partial charge in [0.2, 0.25) is 0 Å². The molecule has 58 valence electrons. The second kappa shape index (κ2) is 2.61. The van der Waals surface area contributed by atoms with E-state index in [1.54, 1.807) is 12.4 Å². The third-order valence-electron chi connectivity index (χ3n) is 0.965. The minimum Gasteiger partial charge on any atom is -0.347 e. The van der Waals surface area contributed by atoms with E-state index in [2.05, 4.69) is 9.97 Å². The van der Waals surface area contributed by atoms with E-state index >= 15 is 0 Å². The van der Waals surface area contributed by atoms with Crippen LogP contribution in [0.25, 0.3) is 0 Å². The van der Waals surface area contributed by atoms with Crippen LogP contribution >= 0.6 is 10.6 Å². The molecule has 0 aliphatic heterocycles. The van der Waals surface area contributed by atoms with Crippen LogP contribution in [0.1, 0.15) is 5.82 Å². The Kier molecular flexibility index (Phi) is 1.98. The lowest BCUT2D eigenvalue weighted by molar-refractivity contribution is 0.492. The van der Waals surface area contributed by atoms with E-state index in [0.717, 1.165) is 0 Å². The number of nitrogens with one attached hydrogen (secondary N) is 1. The molecular formula is C5H10N2O2S. The Morgan fingerprint density at radius 2 is 2.40 bits per heavy atom. The Morgan fingerprint density at radius 1 is 1.70 bits per heavy atom. The van der Waals surface area contributed by atoms with Crippen LogP contribution in [0.15, 0.2) is 12.4 Å². The molecule has 0 atom stereocenters. The van der Waals surface area contributed by atoms with Crippen LogP contribution in [-0.4, -0.2) is 25.3 Å². The molecule has 10 heavy (non-hydrogen) atoms. The molecule has 0 unspecified atom stereocenters. The van der Waals surface area contributed by atoms with Crippen LogP contribution in [-0.2, 0) is 5.75 Å². The van der Waals surface area contributed by atoms with Gasteiger partial charge in [-0.05, 0) is 0 Å². The van der Waals surface area contributed by atoms with Crippen LogP contribution in [0.4, 0.5) is 0 Å². The molecule has 0 aromatic carbocycles. The smallest absolute Gasteiger partial charge is 0.125 e. The normalized spacial score (nSPS) is 13.5. The lowest BCUT2D eigenvalue weighted by atomic mass is 10.7. The summed E-state index contributed by atoms with van der Waals surface area (Å²) in [5, 5.41) is 0. The molecule has 5 heteroatoms. The Balaban J connectivity index is 2.57. The van der Waals surface area contributed by atoms with Gasteiger partial charge in [0.25, 0.3) is 0 Å². The highest BCUT2D eigenvalue weighted by molar-refractivity contribution is 8.23. The van der Waals surface area contributed by atoms with Crippen LogP contribution in [0.5, 0.6) is 0 Å². The maximum atomic E-state index is 8.97. The van der Waals surface area contributed by atoms with E-state index in [4.69, 9.17) is 9.11 Å². The first kappa shape index (κ1) is 7.59. The first-order chi connectivity index (χ1) is 4.58. The first-order valence-electron chi connectivity index (χ1n) is 2.77. The van der Waals surface area contributed by atoms with Crippen molar-refractivity contribution in [1.82, 2.24) is 9.97 Å². The number of rotatable bonds is 2. The van der Waals surface area contributed by atoms with E-state index in [0.29, 0.717) is 5.82 Å². The topological polar surface area (TPSA) is 69.1 Å². The summed E-state index contributed by atoms with van der Waals surface area (Å²) in [7, 11) is -2.44. The Morgan fingerprint density at radius 3 is 2.80 bits per heavy atom. The minimum atomic E-state index is -2.44. The number of hydrogen-bond acceptors (Lipinski definition) is 3. The summed E-state index contributed by atoms with van der Waals surface area (Å²) in [6, 6.07) is 0. The van der Waals surface area contributed by atoms with Gasteiger partial charge in [0.1, 0.15) is 5.82 Å². The van der Waals surface area contributed by atoms with Crippen molar-refractivity contribution in [3.05, 3.63) is 18.2 Å². The average molecular weight is 162 g/mol. The van der Waals surface area contributed by atoms with Crippen LogP contribution < -0.4 is 0 Å². The second-order valence-electron chi connectivity index (χ2n) is 2.17. The third kappa shape index (κ3) is 2.38. The van der Waals surface area contributed by atoms with Crippen molar-refractivity contribution in [3.63, 3.8) is 0 Å². The van der Waals surface area contributed by atoms with Gasteiger partial charge in [-0.15, -0.1) is 0 Å². The molecule has 0 saturated carbocycles. The summed E-state index contributed by atoms with van der Waals surface area (Å²) >= 11 is 0. The molecule has 4 nitrogen and oxygen atoms in total. The predicted molar refractivity (Wildman–Crippen MR) is 41.1 cm³/mol. The maximum absolute atomic E-state index is 8.97. The lowest BCUT2D eigenvalue weighted by Gasteiger charge is -2.24. The molecule has 0 amide bonds. The average Bonchev–Trinajstić information content (AvgIpc) is 2.12. The third-order valence-corrected chi connectivity index (χ3v) is 1.79. The van der Waals surface area contributed by atoms with Gasteiger partial charge in [-0.2, -0.15) is 10.6 Å². The fourth-order valence-electron chi connectivity index (χ4n) is 0.636. The highest BCUT2D eigenvalue weighted by Crippen LogP contribution is 2.36. The highest BCUT2D eigenvalue weighted by atomic mass is 32.3. The van der Waals surface area contributed by atoms with Crippen LogP contribution in [0.2, 0.25) is 0 Å². The molecule has 1 heterocycles. The fourth-order valence-corrected chi connectivity index (χ4v) is 1.31.